The Morgan fingerprint density at radius 3 is 2.33 bits per heavy atom. The van der Waals surface area contributed by atoms with Crippen molar-refractivity contribution in [2.45, 2.75) is 31.3 Å². The first-order valence-electron chi connectivity index (χ1n) is 5.12. The summed E-state index contributed by atoms with van der Waals surface area (Å²) in [5.41, 5.74) is 5.75. The first-order chi connectivity index (χ1) is 6.92. The molecule has 84 valence electrons. The topological polar surface area (TPSA) is 46.2 Å². The fourth-order valence-electron chi connectivity index (χ4n) is 0.960. The average molecular weight is 225 g/mol. The van der Waals surface area contributed by atoms with E-state index in [9.17, 15) is 5.11 Å². The Morgan fingerprint density at radius 2 is 1.87 bits per heavy atom. The number of anilines is 1. The van der Waals surface area contributed by atoms with Gasteiger partial charge in [0.25, 0.3) is 0 Å². The van der Waals surface area contributed by atoms with Gasteiger partial charge in [0.05, 0.1) is 5.60 Å². The first kappa shape index (κ1) is 12.4. The molecule has 0 heterocycles. The van der Waals surface area contributed by atoms with E-state index in [1.807, 2.05) is 45.0 Å². The molecular weight excluding hydrogens is 206 g/mol. The molecule has 0 saturated carbocycles. The van der Waals surface area contributed by atoms with Crippen LogP contribution >= 0.6 is 11.8 Å². The van der Waals surface area contributed by atoms with Crippen molar-refractivity contribution in [3.63, 3.8) is 0 Å². The zero-order chi connectivity index (χ0) is 11.5. The number of nitrogen functional groups attached to an aromatic ring is 1. The number of aliphatic hydroxyl groups is 1. The normalized spacial score (nSPS) is 15.3. The van der Waals surface area contributed by atoms with E-state index in [1.54, 1.807) is 11.8 Å². The molecule has 0 saturated heterocycles. The maximum Gasteiger partial charge on any atom is 0.0736 e. The van der Waals surface area contributed by atoms with Crippen LogP contribution in [0, 0.1) is 5.92 Å². The molecule has 2 nitrogen and oxygen atoms in total. The highest BCUT2D eigenvalue weighted by Gasteiger charge is 2.24. The van der Waals surface area contributed by atoms with Gasteiger partial charge in [-0.25, -0.2) is 0 Å². The average Bonchev–Trinajstić information content (AvgIpc) is 2.17. The lowest BCUT2D eigenvalue weighted by atomic mass is 9.95. The van der Waals surface area contributed by atoms with E-state index in [4.69, 9.17) is 5.73 Å². The van der Waals surface area contributed by atoms with Gasteiger partial charge in [-0.2, -0.15) is 0 Å². The standard InChI is InChI=1S/C12H19NOS/c1-9(2)12(3,14)8-15-11-6-4-10(13)5-7-11/h4-7,9,14H,8,13H2,1-3H3. The zero-order valence-electron chi connectivity index (χ0n) is 9.53. The van der Waals surface area contributed by atoms with Crippen LogP contribution in [0.4, 0.5) is 5.69 Å². The van der Waals surface area contributed by atoms with Gasteiger partial charge >= 0.3 is 0 Å². The smallest absolute Gasteiger partial charge is 0.0736 e. The molecule has 1 atom stereocenters. The van der Waals surface area contributed by atoms with E-state index < -0.39 is 5.60 Å². The molecular formula is C12H19NOS. The third kappa shape index (κ3) is 3.76. The SMILES string of the molecule is CC(C)C(C)(O)CSc1ccc(N)cc1. The summed E-state index contributed by atoms with van der Waals surface area (Å²) in [4.78, 5) is 1.14. The molecule has 0 amide bonds. The summed E-state index contributed by atoms with van der Waals surface area (Å²) in [7, 11) is 0. The number of nitrogens with two attached hydrogens (primary N) is 1. The van der Waals surface area contributed by atoms with Crippen molar-refractivity contribution < 1.29 is 5.11 Å². The van der Waals surface area contributed by atoms with E-state index in [0.29, 0.717) is 5.75 Å². The van der Waals surface area contributed by atoms with Gasteiger partial charge in [0.15, 0.2) is 0 Å². The monoisotopic (exact) mass is 225 g/mol. The summed E-state index contributed by atoms with van der Waals surface area (Å²) in [6, 6.07) is 7.73. The summed E-state index contributed by atoms with van der Waals surface area (Å²) in [5, 5.41) is 10.1. The Kier molecular flexibility index (Phi) is 4.05. The molecule has 3 heteroatoms. The van der Waals surface area contributed by atoms with Crippen LogP contribution in [0.5, 0.6) is 0 Å². The van der Waals surface area contributed by atoms with Crippen molar-refractivity contribution in [1.29, 1.82) is 0 Å². The van der Waals surface area contributed by atoms with E-state index in [-0.39, 0.29) is 5.92 Å². The molecule has 0 aromatic heterocycles. The summed E-state index contributed by atoms with van der Waals surface area (Å²) in [6.45, 7) is 5.94. The number of hydrogen-bond donors (Lipinski definition) is 2. The molecule has 0 aliphatic carbocycles. The number of hydrogen-bond acceptors (Lipinski definition) is 3. The van der Waals surface area contributed by atoms with Gasteiger partial charge in [-0.15, -0.1) is 11.8 Å². The minimum absolute atomic E-state index is 0.263. The lowest BCUT2D eigenvalue weighted by Crippen LogP contribution is -2.33. The third-order valence-corrected chi connectivity index (χ3v) is 3.99. The minimum atomic E-state index is -0.619. The molecule has 0 bridgehead atoms. The van der Waals surface area contributed by atoms with Crippen LogP contribution in [-0.2, 0) is 0 Å². The maximum atomic E-state index is 10.1. The summed E-state index contributed by atoms with van der Waals surface area (Å²) in [6.07, 6.45) is 0. The molecule has 0 aliphatic rings. The van der Waals surface area contributed by atoms with Gasteiger partial charge in [-0.05, 0) is 37.1 Å². The van der Waals surface area contributed by atoms with Gasteiger partial charge in [0.2, 0.25) is 0 Å². The predicted molar refractivity (Wildman–Crippen MR) is 67.0 cm³/mol. The first-order valence-corrected chi connectivity index (χ1v) is 6.11. The van der Waals surface area contributed by atoms with Crippen molar-refractivity contribution in [2.75, 3.05) is 11.5 Å². The Labute approximate surface area is 95.9 Å². The van der Waals surface area contributed by atoms with Gasteiger partial charge in [-0.3, -0.25) is 0 Å². The largest absolute Gasteiger partial charge is 0.399 e. The predicted octanol–water partition coefficient (Wildman–Crippen LogP) is 2.77. The van der Waals surface area contributed by atoms with Crippen LogP contribution in [-0.4, -0.2) is 16.5 Å². The number of rotatable bonds is 4. The molecule has 0 spiro atoms. The molecule has 1 rings (SSSR count). The summed E-state index contributed by atoms with van der Waals surface area (Å²) < 4.78 is 0. The van der Waals surface area contributed by atoms with Crippen LogP contribution in [0.3, 0.4) is 0 Å². The quantitative estimate of drug-likeness (QED) is 0.612. The van der Waals surface area contributed by atoms with Crippen LogP contribution < -0.4 is 5.73 Å². The fourth-order valence-corrected chi connectivity index (χ4v) is 2.08. The Hall–Kier alpha value is -0.670. The van der Waals surface area contributed by atoms with E-state index >= 15 is 0 Å². The second-order valence-corrected chi connectivity index (χ2v) is 5.42. The molecule has 0 radical (unpaired) electrons. The van der Waals surface area contributed by atoms with Crippen molar-refractivity contribution in [2.24, 2.45) is 5.92 Å². The van der Waals surface area contributed by atoms with Crippen molar-refractivity contribution >= 4 is 17.4 Å². The second-order valence-electron chi connectivity index (χ2n) is 4.37. The highest BCUT2D eigenvalue weighted by atomic mass is 32.2. The molecule has 1 unspecified atom stereocenters. The van der Waals surface area contributed by atoms with Crippen LogP contribution in [0.2, 0.25) is 0 Å². The Balaban J connectivity index is 2.54. The highest BCUT2D eigenvalue weighted by Crippen LogP contribution is 2.27. The van der Waals surface area contributed by atoms with E-state index in [1.165, 1.54) is 0 Å². The maximum absolute atomic E-state index is 10.1. The lowest BCUT2D eigenvalue weighted by Gasteiger charge is -2.27. The van der Waals surface area contributed by atoms with Gasteiger partial charge in [0.1, 0.15) is 0 Å². The Bertz CT molecular complexity index is 306. The van der Waals surface area contributed by atoms with Crippen LogP contribution in [0.1, 0.15) is 20.8 Å². The number of thioether (sulfide) groups is 1. The lowest BCUT2D eigenvalue weighted by molar-refractivity contribution is 0.0376. The van der Waals surface area contributed by atoms with Crippen molar-refractivity contribution in [3.05, 3.63) is 24.3 Å². The van der Waals surface area contributed by atoms with Crippen molar-refractivity contribution in [3.8, 4) is 0 Å². The molecule has 0 aliphatic heterocycles. The van der Waals surface area contributed by atoms with Gasteiger partial charge in [-0.1, -0.05) is 13.8 Å². The minimum Gasteiger partial charge on any atom is -0.399 e. The van der Waals surface area contributed by atoms with Crippen LogP contribution in [0.25, 0.3) is 0 Å². The number of benzene rings is 1. The molecule has 15 heavy (non-hydrogen) atoms. The summed E-state index contributed by atoms with van der Waals surface area (Å²) >= 11 is 1.66. The van der Waals surface area contributed by atoms with E-state index in [2.05, 4.69) is 0 Å². The fraction of sp³-hybridized carbons (Fsp3) is 0.500. The van der Waals surface area contributed by atoms with Gasteiger partial charge < -0.3 is 10.8 Å². The molecule has 3 N–H and O–H groups in total. The third-order valence-electron chi connectivity index (χ3n) is 2.65. The second kappa shape index (κ2) is 4.90. The Morgan fingerprint density at radius 1 is 1.33 bits per heavy atom. The highest BCUT2D eigenvalue weighted by molar-refractivity contribution is 7.99. The molecule has 0 fully saturated rings. The van der Waals surface area contributed by atoms with Gasteiger partial charge in [0, 0.05) is 16.3 Å². The van der Waals surface area contributed by atoms with E-state index in [0.717, 1.165) is 10.6 Å². The molecule has 1 aromatic carbocycles. The van der Waals surface area contributed by atoms with Crippen molar-refractivity contribution in [1.82, 2.24) is 0 Å². The summed E-state index contributed by atoms with van der Waals surface area (Å²) in [5.74, 6) is 0.966. The zero-order valence-corrected chi connectivity index (χ0v) is 10.3. The van der Waals surface area contributed by atoms with Crippen LogP contribution in [0.15, 0.2) is 29.2 Å². The molecule has 1 aromatic rings.